The summed E-state index contributed by atoms with van der Waals surface area (Å²) in [5.74, 6) is 1.20. The van der Waals surface area contributed by atoms with Crippen LogP contribution in [0.5, 0.6) is 11.5 Å². The van der Waals surface area contributed by atoms with Crippen molar-refractivity contribution in [1.29, 1.82) is 0 Å². The topological polar surface area (TPSA) is 106 Å². The number of H-pyrrole nitrogens is 1. The van der Waals surface area contributed by atoms with Crippen LogP contribution < -0.4 is 20.3 Å². The molecule has 3 aromatic rings. The van der Waals surface area contributed by atoms with Crippen molar-refractivity contribution in [3.8, 4) is 22.9 Å². The van der Waals surface area contributed by atoms with Crippen molar-refractivity contribution in [1.82, 2.24) is 20.3 Å². The van der Waals surface area contributed by atoms with Gasteiger partial charge in [0.2, 0.25) is 0 Å². The minimum absolute atomic E-state index is 0.0535. The average Bonchev–Trinajstić information content (AvgIpc) is 2.73. The highest BCUT2D eigenvalue weighted by Crippen LogP contribution is 2.32. The maximum atomic E-state index is 12.5. The highest BCUT2D eigenvalue weighted by Gasteiger charge is 2.18. The smallest absolute Gasteiger partial charge is 0.264 e. The van der Waals surface area contributed by atoms with Gasteiger partial charge in [-0.3, -0.25) is 14.6 Å². The summed E-state index contributed by atoms with van der Waals surface area (Å²) in [6.45, 7) is 2.84. The third kappa shape index (κ3) is 3.57. The summed E-state index contributed by atoms with van der Waals surface area (Å²) < 4.78 is 11.1. The molecule has 1 aliphatic heterocycles. The molecule has 1 aliphatic rings. The van der Waals surface area contributed by atoms with E-state index in [9.17, 15) is 9.59 Å². The summed E-state index contributed by atoms with van der Waals surface area (Å²) in [5.41, 5.74) is 0.995. The fourth-order valence-electron chi connectivity index (χ4n) is 2.90. The number of nitrogens with one attached hydrogen (secondary N) is 2. The minimum Gasteiger partial charge on any atom is -0.486 e. The van der Waals surface area contributed by atoms with Gasteiger partial charge in [-0.1, -0.05) is 6.07 Å². The van der Waals surface area contributed by atoms with Crippen molar-refractivity contribution in [3.63, 3.8) is 0 Å². The first-order valence-corrected chi connectivity index (χ1v) is 8.82. The van der Waals surface area contributed by atoms with Crippen molar-refractivity contribution >= 4 is 5.91 Å². The number of aromatic amines is 1. The number of aromatic nitrogens is 3. The van der Waals surface area contributed by atoms with Crippen molar-refractivity contribution in [2.24, 2.45) is 0 Å². The molecule has 8 heteroatoms. The molecule has 0 saturated carbocycles. The number of fused-ring (bicyclic) bond motifs is 1. The average molecular weight is 378 g/mol. The van der Waals surface area contributed by atoms with Crippen LogP contribution in [0.2, 0.25) is 0 Å². The van der Waals surface area contributed by atoms with Crippen LogP contribution in [0.15, 0.2) is 53.7 Å². The molecule has 0 spiro atoms. The van der Waals surface area contributed by atoms with Gasteiger partial charge in [0.25, 0.3) is 11.5 Å². The van der Waals surface area contributed by atoms with Gasteiger partial charge in [0.05, 0.1) is 6.04 Å². The second-order valence-corrected chi connectivity index (χ2v) is 6.31. The van der Waals surface area contributed by atoms with Crippen LogP contribution in [0, 0.1) is 0 Å². The molecule has 2 aromatic heterocycles. The monoisotopic (exact) mass is 378 g/mol. The van der Waals surface area contributed by atoms with E-state index in [2.05, 4.69) is 20.3 Å². The Labute approximate surface area is 160 Å². The predicted molar refractivity (Wildman–Crippen MR) is 101 cm³/mol. The van der Waals surface area contributed by atoms with Gasteiger partial charge in [-0.2, -0.15) is 0 Å². The molecule has 8 nitrogen and oxygen atoms in total. The van der Waals surface area contributed by atoms with Crippen molar-refractivity contribution in [3.05, 3.63) is 70.4 Å². The molecule has 0 fully saturated rings. The highest BCUT2D eigenvalue weighted by molar-refractivity contribution is 5.93. The molecular formula is C20H18N4O4. The van der Waals surface area contributed by atoms with E-state index in [4.69, 9.17) is 9.47 Å². The Hall–Kier alpha value is -3.68. The van der Waals surface area contributed by atoms with Gasteiger partial charge in [0.15, 0.2) is 11.5 Å². The third-order valence-electron chi connectivity index (χ3n) is 4.41. The minimum atomic E-state index is -0.506. The Morgan fingerprint density at radius 3 is 2.64 bits per heavy atom. The molecule has 0 bridgehead atoms. The summed E-state index contributed by atoms with van der Waals surface area (Å²) in [6, 6.07) is 8.61. The lowest BCUT2D eigenvalue weighted by molar-refractivity contribution is 0.0937. The molecule has 4 rings (SSSR count). The third-order valence-corrected chi connectivity index (χ3v) is 4.41. The van der Waals surface area contributed by atoms with Crippen LogP contribution in [0.4, 0.5) is 0 Å². The normalized spacial score (nSPS) is 13.6. The zero-order chi connectivity index (χ0) is 19.5. The summed E-state index contributed by atoms with van der Waals surface area (Å²) in [4.78, 5) is 35.7. The highest BCUT2D eigenvalue weighted by atomic mass is 16.6. The number of carbonyl (C=O) groups is 1. The lowest BCUT2D eigenvalue weighted by atomic mass is 10.1. The SMILES string of the molecule is C[C@H](NC(=O)c1cnc(-c2ccncc2)[nH]c1=O)c1ccc2c(c1)OCCO2. The standard InChI is InChI=1S/C20H18N4O4/c1-12(14-2-3-16-17(10-14)28-9-8-27-16)23-19(25)15-11-22-18(24-20(15)26)13-4-6-21-7-5-13/h2-7,10-12H,8-9H2,1H3,(H,23,25)(H,22,24,26)/t12-/m0/s1. The van der Waals surface area contributed by atoms with Gasteiger partial charge in [-0.15, -0.1) is 0 Å². The molecule has 3 heterocycles. The molecular weight excluding hydrogens is 360 g/mol. The van der Waals surface area contributed by atoms with Crippen LogP contribution in [0.25, 0.3) is 11.4 Å². The molecule has 28 heavy (non-hydrogen) atoms. The fourth-order valence-corrected chi connectivity index (χ4v) is 2.90. The zero-order valence-electron chi connectivity index (χ0n) is 15.1. The Balaban J connectivity index is 1.51. The molecule has 0 aliphatic carbocycles. The van der Waals surface area contributed by atoms with Crippen LogP contribution in [0.1, 0.15) is 28.9 Å². The van der Waals surface area contributed by atoms with Crippen LogP contribution in [-0.2, 0) is 0 Å². The van der Waals surface area contributed by atoms with Crippen molar-refractivity contribution in [2.75, 3.05) is 13.2 Å². The molecule has 1 amide bonds. The Kier molecular flexibility index (Phi) is 4.76. The molecule has 0 radical (unpaired) electrons. The van der Waals surface area contributed by atoms with E-state index in [1.54, 1.807) is 24.5 Å². The first kappa shape index (κ1) is 17.7. The first-order valence-electron chi connectivity index (χ1n) is 8.82. The number of benzene rings is 1. The molecule has 1 atom stereocenters. The molecule has 0 unspecified atom stereocenters. The van der Waals surface area contributed by atoms with Crippen LogP contribution >= 0.6 is 0 Å². The van der Waals surface area contributed by atoms with Gasteiger partial charge >= 0.3 is 0 Å². The van der Waals surface area contributed by atoms with E-state index in [1.807, 2.05) is 25.1 Å². The quantitative estimate of drug-likeness (QED) is 0.720. The lowest BCUT2D eigenvalue weighted by Gasteiger charge is -2.21. The first-order chi connectivity index (χ1) is 13.6. The van der Waals surface area contributed by atoms with Gasteiger partial charge < -0.3 is 19.8 Å². The zero-order valence-corrected chi connectivity index (χ0v) is 15.1. The predicted octanol–water partition coefficient (Wildman–Crippen LogP) is 2.09. The van der Waals surface area contributed by atoms with Gasteiger partial charge in [-0.05, 0) is 36.8 Å². The molecule has 142 valence electrons. The van der Waals surface area contributed by atoms with Crippen LogP contribution in [0.3, 0.4) is 0 Å². The molecule has 2 N–H and O–H groups in total. The van der Waals surface area contributed by atoms with E-state index in [0.29, 0.717) is 36.1 Å². The Morgan fingerprint density at radius 2 is 1.89 bits per heavy atom. The van der Waals surface area contributed by atoms with Crippen LogP contribution in [-0.4, -0.2) is 34.1 Å². The van der Waals surface area contributed by atoms with E-state index >= 15 is 0 Å². The van der Waals surface area contributed by atoms with Gasteiger partial charge in [-0.25, -0.2) is 4.98 Å². The number of hydrogen-bond acceptors (Lipinski definition) is 6. The number of hydrogen-bond donors (Lipinski definition) is 2. The number of rotatable bonds is 4. The Bertz CT molecular complexity index is 1070. The second-order valence-electron chi connectivity index (χ2n) is 6.31. The number of nitrogens with zero attached hydrogens (tertiary/aromatic N) is 2. The maximum Gasteiger partial charge on any atom is 0.264 e. The van der Waals surface area contributed by atoms with E-state index < -0.39 is 11.5 Å². The van der Waals surface area contributed by atoms with Gasteiger partial charge in [0, 0.05) is 24.2 Å². The fraction of sp³-hybridized carbons (Fsp3) is 0.200. The Morgan fingerprint density at radius 1 is 1.14 bits per heavy atom. The summed E-state index contributed by atoms with van der Waals surface area (Å²) in [6.07, 6.45) is 4.48. The molecule has 1 aromatic carbocycles. The van der Waals surface area contributed by atoms with E-state index in [1.165, 1.54) is 6.20 Å². The van der Waals surface area contributed by atoms with E-state index in [-0.39, 0.29) is 11.6 Å². The van der Waals surface area contributed by atoms with Crippen molar-refractivity contribution < 1.29 is 14.3 Å². The lowest BCUT2D eigenvalue weighted by Crippen LogP contribution is -2.32. The summed E-state index contributed by atoms with van der Waals surface area (Å²) >= 11 is 0. The number of carbonyl (C=O) groups excluding carboxylic acids is 1. The summed E-state index contributed by atoms with van der Waals surface area (Å²) in [7, 11) is 0. The van der Waals surface area contributed by atoms with Gasteiger partial charge in [0.1, 0.15) is 24.6 Å². The van der Waals surface area contributed by atoms with Crippen molar-refractivity contribution in [2.45, 2.75) is 13.0 Å². The molecule has 0 saturated heterocycles. The number of amides is 1. The van der Waals surface area contributed by atoms with E-state index in [0.717, 1.165) is 5.56 Å². The largest absolute Gasteiger partial charge is 0.486 e. The number of pyridine rings is 1. The number of ether oxygens (including phenoxy) is 2. The maximum absolute atomic E-state index is 12.5. The summed E-state index contributed by atoms with van der Waals surface area (Å²) in [5, 5.41) is 2.81. The second kappa shape index (κ2) is 7.51.